The van der Waals surface area contributed by atoms with Gasteiger partial charge in [0.1, 0.15) is 17.5 Å². The minimum Gasteiger partial charge on any atom is -0.490 e. The molecule has 0 bridgehead atoms. The van der Waals surface area contributed by atoms with E-state index in [-0.39, 0.29) is 12.0 Å². The van der Waals surface area contributed by atoms with E-state index in [2.05, 4.69) is 33.6 Å². The quantitative estimate of drug-likeness (QED) is 0.468. The molecule has 5 rings (SSSR count). The number of hydrogen-bond donors (Lipinski definition) is 0. The Morgan fingerprint density at radius 1 is 1.00 bits per heavy atom. The first-order chi connectivity index (χ1) is 14.8. The van der Waals surface area contributed by atoms with Crippen LogP contribution < -0.4 is 4.74 Å². The van der Waals surface area contributed by atoms with Crippen molar-refractivity contribution in [2.45, 2.75) is 18.9 Å². The monoisotopic (exact) mass is 415 g/mol. The third kappa shape index (κ3) is 3.91. The number of ether oxygens (including phenoxy) is 1. The van der Waals surface area contributed by atoms with Gasteiger partial charge in [0, 0.05) is 48.5 Å². The number of pyridine rings is 1. The van der Waals surface area contributed by atoms with Gasteiger partial charge in [0.05, 0.1) is 5.52 Å². The third-order valence-electron chi connectivity index (χ3n) is 5.47. The van der Waals surface area contributed by atoms with E-state index in [0.717, 1.165) is 40.6 Å². The van der Waals surface area contributed by atoms with Crippen LogP contribution in [0, 0.1) is 0 Å². The van der Waals surface area contributed by atoms with Gasteiger partial charge in [-0.15, -0.1) is 0 Å². The summed E-state index contributed by atoms with van der Waals surface area (Å²) in [7, 11) is 0. The zero-order chi connectivity index (χ0) is 20.3. The van der Waals surface area contributed by atoms with Crippen LogP contribution in [0.2, 0.25) is 0 Å². The Hall–Kier alpha value is -3.25. The van der Waals surface area contributed by atoms with Gasteiger partial charge in [-0.3, -0.25) is 9.78 Å². The minimum absolute atomic E-state index is 0.0167. The second-order valence-corrected chi connectivity index (χ2v) is 8.10. The molecule has 0 N–H and O–H groups in total. The van der Waals surface area contributed by atoms with E-state index >= 15 is 0 Å². The van der Waals surface area contributed by atoms with Gasteiger partial charge in [-0.1, -0.05) is 30.3 Å². The highest BCUT2D eigenvalue weighted by molar-refractivity contribution is 7.03. The van der Waals surface area contributed by atoms with E-state index < -0.39 is 0 Å². The Morgan fingerprint density at radius 2 is 1.80 bits per heavy atom. The maximum atomic E-state index is 12.4. The fourth-order valence-corrected chi connectivity index (χ4v) is 4.31. The molecule has 0 unspecified atom stereocenters. The van der Waals surface area contributed by atoms with Crippen LogP contribution in [0.1, 0.15) is 23.3 Å². The lowest BCUT2D eigenvalue weighted by molar-refractivity contribution is 0.0591. The number of para-hydroxylation sites is 1. The first-order valence-electron chi connectivity index (χ1n) is 10.1. The Bertz CT molecular complexity index is 1150. The molecule has 1 fully saturated rings. The van der Waals surface area contributed by atoms with Crippen molar-refractivity contribution in [1.29, 1.82) is 0 Å². The lowest BCUT2D eigenvalue weighted by Gasteiger charge is -2.31. The number of fused-ring (bicyclic) bond motifs is 1. The number of benzene rings is 2. The number of likely N-dealkylation sites (tertiary alicyclic amines) is 1. The third-order valence-corrected chi connectivity index (χ3v) is 6.03. The van der Waals surface area contributed by atoms with Gasteiger partial charge in [-0.2, -0.15) is 4.37 Å². The second kappa shape index (κ2) is 8.24. The molecular weight excluding hydrogens is 394 g/mol. The number of hydrogen-bond acceptors (Lipinski definition) is 5. The Kier molecular flexibility index (Phi) is 5.15. The van der Waals surface area contributed by atoms with Crippen LogP contribution in [0.15, 0.2) is 72.2 Å². The van der Waals surface area contributed by atoms with Crippen molar-refractivity contribution in [3.05, 3.63) is 77.9 Å². The second-order valence-electron chi connectivity index (χ2n) is 7.44. The van der Waals surface area contributed by atoms with Crippen molar-refractivity contribution in [2.24, 2.45) is 0 Å². The molecule has 0 aliphatic carbocycles. The van der Waals surface area contributed by atoms with Gasteiger partial charge in [-0.05, 0) is 47.4 Å². The van der Waals surface area contributed by atoms with Crippen LogP contribution in [0.5, 0.6) is 5.75 Å². The summed E-state index contributed by atoms with van der Waals surface area (Å²) < 4.78 is 10.3. The number of nitrogens with zero attached hydrogens (tertiary/aromatic N) is 3. The molecule has 30 heavy (non-hydrogen) atoms. The average molecular weight is 416 g/mol. The standard InChI is InChI=1S/C24H21N3O2S/c28-24(23-11-14-30-26-23)27-12-9-21(10-13-27)29-20-7-5-17(6-8-20)19-15-18-3-1-2-4-22(18)25-16-19/h1-8,11,14-16,21H,9-10,12-13H2. The van der Waals surface area contributed by atoms with Gasteiger partial charge in [-0.25, -0.2) is 0 Å². The SMILES string of the molecule is O=C(c1ccsn1)N1CCC(Oc2ccc(-c3cnc4ccccc4c3)cc2)CC1. The lowest BCUT2D eigenvalue weighted by Crippen LogP contribution is -2.41. The van der Waals surface area contributed by atoms with Crippen molar-refractivity contribution in [3.63, 3.8) is 0 Å². The van der Waals surface area contributed by atoms with Gasteiger partial charge in [0.15, 0.2) is 0 Å². The smallest absolute Gasteiger partial charge is 0.273 e. The maximum Gasteiger partial charge on any atom is 0.273 e. The van der Waals surface area contributed by atoms with E-state index in [0.29, 0.717) is 18.8 Å². The van der Waals surface area contributed by atoms with Crippen LogP contribution >= 0.6 is 11.5 Å². The summed E-state index contributed by atoms with van der Waals surface area (Å²) in [6, 6.07) is 20.2. The Balaban J connectivity index is 1.21. The largest absolute Gasteiger partial charge is 0.490 e. The summed E-state index contributed by atoms with van der Waals surface area (Å²) in [5, 5.41) is 2.97. The fourth-order valence-electron chi connectivity index (χ4n) is 3.81. The van der Waals surface area contributed by atoms with Crippen molar-refractivity contribution in [2.75, 3.05) is 13.1 Å². The molecular formula is C24H21N3O2S. The normalized spacial score (nSPS) is 14.7. The maximum absolute atomic E-state index is 12.4. The highest BCUT2D eigenvalue weighted by Crippen LogP contribution is 2.26. The molecule has 6 heteroatoms. The molecule has 4 aromatic rings. The average Bonchev–Trinajstić information content (AvgIpc) is 3.34. The van der Waals surface area contributed by atoms with Crippen LogP contribution in [0.4, 0.5) is 0 Å². The number of carbonyl (C=O) groups is 1. The topological polar surface area (TPSA) is 55.3 Å². The lowest BCUT2D eigenvalue weighted by atomic mass is 10.0. The van der Waals surface area contributed by atoms with Crippen molar-refractivity contribution in [3.8, 4) is 16.9 Å². The first-order valence-corrected chi connectivity index (χ1v) is 10.9. The van der Waals surface area contributed by atoms with E-state index in [4.69, 9.17) is 4.74 Å². The molecule has 0 spiro atoms. The molecule has 0 radical (unpaired) electrons. The molecule has 3 heterocycles. The van der Waals surface area contributed by atoms with E-state index in [1.54, 1.807) is 6.07 Å². The van der Waals surface area contributed by atoms with Crippen LogP contribution in [-0.2, 0) is 0 Å². The molecule has 2 aromatic carbocycles. The zero-order valence-electron chi connectivity index (χ0n) is 16.4. The molecule has 1 amide bonds. The van der Waals surface area contributed by atoms with Crippen molar-refractivity contribution in [1.82, 2.24) is 14.3 Å². The first kappa shape index (κ1) is 18.8. The summed E-state index contributed by atoms with van der Waals surface area (Å²) in [6.07, 6.45) is 3.68. The predicted molar refractivity (Wildman–Crippen MR) is 119 cm³/mol. The fraction of sp³-hybridized carbons (Fsp3) is 0.208. The van der Waals surface area contributed by atoms with Gasteiger partial charge < -0.3 is 9.64 Å². The van der Waals surface area contributed by atoms with E-state index in [1.807, 2.05) is 46.8 Å². The van der Waals surface area contributed by atoms with E-state index in [9.17, 15) is 4.79 Å². The number of rotatable bonds is 4. The summed E-state index contributed by atoms with van der Waals surface area (Å²) in [5.41, 5.74) is 3.75. The minimum atomic E-state index is 0.0167. The Morgan fingerprint density at radius 3 is 2.57 bits per heavy atom. The summed E-state index contributed by atoms with van der Waals surface area (Å²) in [4.78, 5) is 18.8. The summed E-state index contributed by atoms with van der Waals surface area (Å²) in [6.45, 7) is 1.39. The van der Waals surface area contributed by atoms with E-state index in [1.165, 1.54) is 11.5 Å². The molecule has 1 saturated heterocycles. The molecule has 1 aliphatic heterocycles. The number of amides is 1. The highest BCUT2D eigenvalue weighted by Gasteiger charge is 2.25. The molecule has 0 saturated carbocycles. The van der Waals surface area contributed by atoms with Gasteiger partial charge >= 0.3 is 0 Å². The predicted octanol–water partition coefficient (Wildman–Crippen LogP) is 5.04. The Labute approximate surface area is 179 Å². The van der Waals surface area contributed by atoms with Crippen LogP contribution in [-0.4, -0.2) is 39.4 Å². The zero-order valence-corrected chi connectivity index (χ0v) is 17.2. The van der Waals surface area contributed by atoms with Gasteiger partial charge in [0.25, 0.3) is 5.91 Å². The molecule has 150 valence electrons. The molecule has 2 aromatic heterocycles. The number of aromatic nitrogens is 2. The molecule has 1 aliphatic rings. The molecule has 0 atom stereocenters. The molecule has 5 nitrogen and oxygen atoms in total. The highest BCUT2D eigenvalue weighted by atomic mass is 32.1. The summed E-state index contributed by atoms with van der Waals surface area (Å²) in [5.74, 6) is 0.875. The van der Waals surface area contributed by atoms with Gasteiger partial charge in [0.2, 0.25) is 0 Å². The summed E-state index contributed by atoms with van der Waals surface area (Å²) >= 11 is 1.31. The van der Waals surface area contributed by atoms with Crippen molar-refractivity contribution < 1.29 is 9.53 Å². The van der Waals surface area contributed by atoms with Crippen LogP contribution in [0.3, 0.4) is 0 Å². The number of piperidine rings is 1. The van der Waals surface area contributed by atoms with Crippen molar-refractivity contribution >= 4 is 28.3 Å². The van der Waals surface area contributed by atoms with Crippen LogP contribution in [0.25, 0.3) is 22.0 Å². The number of carbonyl (C=O) groups excluding carboxylic acids is 1.